The van der Waals surface area contributed by atoms with Crippen LogP contribution in [-0.4, -0.2) is 31.0 Å². The van der Waals surface area contributed by atoms with Crippen molar-refractivity contribution in [1.29, 1.82) is 0 Å². The summed E-state index contributed by atoms with van der Waals surface area (Å²) >= 11 is 6.22. The number of carbonyl (C=O) groups excluding carboxylic acids is 1. The number of nitro groups is 1. The fourth-order valence-electron chi connectivity index (χ4n) is 3.20. The van der Waals surface area contributed by atoms with Crippen LogP contribution in [0.25, 0.3) is 0 Å². The van der Waals surface area contributed by atoms with E-state index in [0.29, 0.717) is 22.7 Å². The van der Waals surface area contributed by atoms with Crippen LogP contribution in [0.5, 0.6) is 5.75 Å². The molecule has 1 saturated heterocycles. The Kier molecular flexibility index (Phi) is 5.81. The number of halogens is 1. The van der Waals surface area contributed by atoms with Gasteiger partial charge in [0.2, 0.25) is 0 Å². The average Bonchev–Trinajstić information content (AvgIpc) is 2.69. The summed E-state index contributed by atoms with van der Waals surface area (Å²) in [5.74, 6) is 0.0390. The van der Waals surface area contributed by atoms with Gasteiger partial charge in [0.05, 0.1) is 28.3 Å². The molecule has 1 amide bonds. The fourth-order valence-corrected chi connectivity index (χ4v) is 3.41. The highest BCUT2D eigenvalue weighted by molar-refractivity contribution is 6.34. The Morgan fingerprint density at radius 3 is 2.59 bits per heavy atom. The highest BCUT2D eigenvalue weighted by Gasteiger charge is 2.24. The first-order chi connectivity index (χ1) is 13.0. The van der Waals surface area contributed by atoms with Gasteiger partial charge in [-0.2, -0.15) is 0 Å². The highest BCUT2D eigenvalue weighted by Crippen LogP contribution is 2.38. The normalized spacial score (nSPS) is 13.9. The Morgan fingerprint density at radius 1 is 1.22 bits per heavy atom. The average molecular weight is 390 g/mol. The molecule has 0 atom stereocenters. The van der Waals surface area contributed by atoms with Gasteiger partial charge in [0.1, 0.15) is 11.4 Å². The second kappa shape index (κ2) is 8.26. The molecule has 1 fully saturated rings. The van der Waals surface area contributed by atoms with Crippen LogP contribution in [0.1, 0.15) is 29.6 Å². The summed E-state index contributed by atoms with van der Waals surface area (Å²) < 4.78 is 5.21. The van der Waals surface area contributed by atoms with E-state index in [-0.39, 0.29) is 10.7 Å². The van der Waals surface area contributed by atoms with E-state index >= 15 is 0 Å². The summed E-state index contributed by atoms with van der Waals surface area (Å²) in [7, 11) is 1.49. The minimum atomic E-state index is -0.443. The molecular weight excluding hydrogens is 370 g/mol. The smallest absolute Gasteiger partial charge is 0.294 e. The summed E-state index contributed by atoms with van der Waals surface area (Å²) in [4.78, 5) is 25.7. The number of rotatable bonds is 5. The Morgan fingerprint density at radius 2 is 1.93 bits per heavy atom. The second-order valence-electron chi connectivity index (χ2n) is 6.28. The number of para-hydroxylation sites is 1. The summed E-state index contributed by atoms with van der Waals surface area (Å²) in [6, 6.07) is 9.70. The van der Waals surface area contributed by atoms with Crippen molar-refractivity contribution < 1.29 is 14.5 Å². The SMILES string of the molecule is COc1ccccc1C(=O)Nc1cc(N2CCCCC2)c([N+](=O)[O-])cc1Cl. The van der Waals surface area contributed by atoms with Gasteiger partial charge < -0.3 is 15.0 Å². The first kappa shape index (κ1) is 19.0. The van der Waals surface area contributed by atoms with Crippen LogP contribution in [0.3, 0.4) is 0 Å². The third-order valence-corrected chi connectivity index (χ3v) is 4.87. The topological polar surface area (TPSA) is 84.7 Å². The summed E-state index contributed by atoms with van der Waals surface area (Å²) in [6.07, 6.45) is 3.06. The maximum Gasteiger partial charge on any atom is 0.294 e. The van der Waals surface area contributed by atoms with Gasteiger partial charge in [0.15, 0.2) is 0 Å². The van der Waals surface area contributed by atoms with Crippen LogP contribution in [0.15, 0.2) is 36.4 Å². The van der Waals surface area contributed by atoms with Gasteiger partial charge in [-0.05, 0) is 37.5 Å². The molecule has 0 radical (unpaired) electrons. The number of amides is 1. The molecule has 0 aliphatic carbocycles. The van der Waals surface area contributed by atoms with E-state index < -0.39 is 10.8 Å². The van der Waals surface area contributed by atoms with Gasteiger partial charge in [-0.25, -0.2) is 0 Å². The van der Waals surface area contributed by atoms with E-state index in [1.54, 1.807) is 30.3 Å². The molecule has 1 aliphatic heterocycles. The lowest BCUT2D eigenvalue weighted by Crippen LogP contribution is -2.30. The molecule has 0 unspecified atom stereocenters. The van der Waals surface area contributed by atoms with E-state index in [9.17, 15) is 14.9 Å². The van der Waals surface area contributed by atoms with E-state index in [1.807, 2.05) is 4.90 Å². The van der Waals surface area contributed by atoms with Crippen molar-refractivity contribution in [2.45, 2.75) is 19.3 Å². The Labute approximate surface area is 162 Å². The Hall–Kier alpha value is -2.80. The number of hydrogen-bond acceptors (Lipinski definition) is 5. The molecule has 0 aromatic heterocycles. The minimum absolute atomic E-state index is 0.0582. The van der Waals surface area contributed by atoms with Gasteiger partial charge in [-0.15, -0.1) is 0 Å². The Bertz CT molecular complexity index is 866. The quantitative estimate of drug-likeness (QED) is 0.601. The maximum absolute atomic E-state index is 12.7. The summed E-state index contributed by atoms with van der Waals surface area (Å²) in [5.41, 5.74) is 1.10. The molecule has 2 aromatic carbocycles. The predicted octanol–water partition coefficient (Wildman–Crippen LogP) is 4.50. The van der Waals surface area contributed by atoms with Crippen molar-refractivity contribution in [2.75, 3.05) is 30.4 Å². The number of nitrogens with one attached hydrogen (secondary N) is 1. The molecule has 142 valence electrons. The number of nitrogens with zero attached hydrogens (tertiary/aromatic N) is 2. The first-order valence-electron chi connectivity index (χ1n) is 8.68. The molecule has 7 nitrogen and oxygen atoms in total. The molecule has 1 N–H and O–H groups in total. The third-order valence-electron chi connectivity index (χ3n) is 4.56. The number of methoxy groups -OCH3 is 1. The van der Waals surface area contributed by atoms with Crippen molar-refractivity contribution in [3.63, 3.8) is 0 Å². The molecule has 1 aliphatic rings. The van der Waals surface area contributed by atoms with Crippen LogP contribution >= 0.6 is 11.6 Å². The van der Waals surface area contributed by atoms with Crippen LogP contribution in [-0.2, 0) is 0 Å². The summed E-state index contributed by atoms with van der Waals surface area (Å²) in [6.45, 7) is 1.48. The maximum atomic E-state index is 12.7. The van der Waals surface area contributed by atoms with E-state index in [0.717, 1.165) is 32.4 Å². The predicted molar refractivity (Wildman–Crippen MR) is 105 cm³/mol. The van der Waals surface area contributed by atoms with Gasteiger partial charge in [0.25, 0.3) is 11.6 Å². The zero-order valence-corrected chi connectivity index (χ0v) is 15.7. The lowest BCUT2D eigenvalue weighted by Gasteiger charge is -2.29. The number of hydrogen-bond donors (Lipinski definition) is 1. The molecule has 8 heteroatoms. The summed E-state index contributed by atoms with van der Waals surface area (Å²) in [5, 5.41) is 14.3. The first-order valence-corrected chi connectivity index (χ1v) is 9.06. The van der Waals surface area contributed by atoms with Crippen molar-refractivity contribution in [3.05, 3.63) is 57.1 Å². The molecule has 0 bridgehead atoms. The zero-order valence-electron chi connectivity index (χ0n) is 14.9. The van der Waals surface area contributed by atoms with Crippen molar-refractivity contribution >= 4 is 34.6 Å². The van der Waals surface area contributed by atoms with Crippen molar-refractivity contribution in [2.24, 2.45) is 0 Å². The number of benzene rings is 2. The molecule has 1 heterocycles. The molecule has 3 rings (SSSR count). The van der Waals surface area contributed by atoms with Gasteiger partial charge >= 0.3 is 0 Å². The van der Waals surface area contributed by atoms with Crippen LogP contribution in [0.4, 0.5) is 17.1 Å². The largest absolute Gasteiger partial charge is 0.496 e. The van der Waals surface area contributed by atoms with Crippen LogP contribution in [0.2, 0.25) is 5.02 Å². The lowest BCUT2D eigenvalue weighted by atomic mass is 10.1. The molecule has 0 spiro atoms. The third kappa shape index (κ3) is 4.14. The van der Waals surface area contributed by atoms with Gasteiger partial charge in [-0.3, -0.25) is 14.9 Å². The number of carbonyl (C=O) groups is 1. The molecule has 27 heavy (non-hydrogen) atoms. The fraction of sp³-hybridized carbons (Fsp3) is 0.316. The number of ether oxygens (including phenoxy) is 1. The Balaban J connectivity index is 1.95. The zero-order chi connectivity index (χ0) is 19.4. The van der Waals surface area contributed by atoms with E-state index in [2.05, 4.69) is 5.32 Å². The minimum Gasteiger partial charge on any atom is -0.496 e. The molecule has 2 aromatic rings. The number of nitro benzene ring substituents is 1. The number of anilines is 2. The number of piperidine rings is 1. The van der Waals surface area contributed by atoms with Crippen LogP contribution < -0.4 is 15.0 Å². The van der Waals surface area contributed by atoms with E-state index in [1.165, 1.54) is 13.2 Å². The lowest BCUT2D eigenvalue weighted by molar-refractivity contribution is -0.384. The monoisotopic (exact) mass is 389 g/mol. The van der Waals surface area contributed by atoms with Gasteiger partial charge in [0, 0.05) is 19.2 Å². The molecule has 0 saturated carbocycles. The van der Waals surface area contributed by atoms with Gasteiger partial charge in [-0.1, -0.05) is 23.7 Å². The van der Waals surface area contributed by atoms with Crippen molar-refractivity contribution in [1.82, 2.24) is 0 Å². The van der Waals surface area contributed by atoms with Crippen molar-refractivity contribution in [3.8, 4) is 5.75 Å². The van der Waals surface area contributed by atoms with Crippen LogP contribution in [0, 0.1) is 10.1 Å². The molecular formula is C19H20ClN3O4. The van der Waals surface area contributed by atoms with E-state index in [4.69, 9.17) is 16.3 Å². The second-order valence-corrected chi connectivity index (χ2v) is 6.69. The standard InChI is InChI=1S/C19H20ClN3O4/c1-27-18-8-4-3-7-13(18)19(24)21-15-12-16(22-9-5-2-6-10-22)17(23(25)26)11-14(15)20/h3-4,7-8,11-12H,2,5-6,9-10H2,1H3,(H,21,24). The highest BCUT2D eigenvalue weighted by atomic mass is 35.5.